The minimum atomic E-state index is -0.487. The number of hydrogen-bond donors (Lipinski definition) is 1. The topological polar surface area (TPSA) is 66.8 Å². The van der Waals surface area contributed by atoms with Crippen LogP contribution in [0.3, 0.4) is 0 Å². The Kier molecular flexibility index (Phi) is 6.05. The molecule has 2 amide bonds. The van der Waals surface area contributed by atoms with Gasteiger partial charge in [-0.05, 0) is 42.1 Å². The second kappa shape index (κ2) is 8.14. The zero-order chi connectivity index (χ0) is 19.7. The Morgan fingerprint density at radius 1 is 1.26 bits per heavy atom. The summed E-state index contributed by atoms with van der Waals surface area (Å²) in [5.41, 5.74) is 0.846. The van der Waals surface area contributed by atoms with Crippen molar-refractivity contribution in [2.75, 3.05) is 7.11 Å². The van der Waals surface area contributed by atoms with Crippen LogP contribution in [0.15, 0.2) is 39.7 Å². The van der Waals surface area contributed by atoms with Gasteiger partial charge >= 0.3 is 0 Å². The minimum Gasteiger partial charge on any atom is -0.504 e. The first-order valence-corrected chi connectivity index (χ1v) is 9.93. The van der Waals surface area contributed by atoms with Crippen LogP contribution < -0.4 is 4.74 Å². The summed E-state index contributed by atoms with van der Waals surface area (Å²) in [5.74, 6) is -0.362. The predicted molar refractivity (Wildman–Crippen MR) is 110 cm³/mol. The number of hydrogen-bond acceptors (Lipinski definition) is 5. The predicted octanol–water partition coefficient (Wildman–Crippen LogP) is 5.71. The summed E-state index contributed by atoms with van der Waals surface area (Å²) < 4.78 is 5.76. The van der Waals surface area contributed by atoms with E-state index in [4.69, 9.17) is 27.9 Å². The molecule has 1 N–H and O–H groups in total. The van der Waals surface area contributed by atoms with Crippen molar-refractivity contribution >= 4 is 68.1 Å². The normalized spacial score (nSPS) is 15.7. The Morgan fingerprint density at radius 3 is 2.56 bits per heavy atom. The van der Waals surface area contributed by atoms with Gasteiger partial charge in [0.1, 0.15) is 0 Å². The second-order valence-corrected chi connectivity index (χ2v) is 8.24. The van der Waals surface area contributed by atoms with Crippen molar-refractivity contribution in [1.29, 1.82) is 0 Å². The summed E-state index contributed by atoms with van der Waals surface area (Å²) in [6.07, 6.45) is 1.45. The molecule has 1 saturated heterocycles. The van der Waals surface area contributed by atoms with Crippen LogP contribution in [0.4, 0.5) is 4.79 Å². The van der Waals surface area contributed by atoms with Gasteiger partial charge in [-0.1, -0.05) is 45.2 Å². The second-order valence-electron chi connectivity index (χ2n) is 5.51. The molecule has 0 saturated carbocycles. The van der Waals surface area contributed by atoms with Gasteiger partial charge in [-0.2, -0.15) is 0 Å². The largest absolute Gasteiger partial charge is 0.504 e. The lowest BCUT2D eigenvalue weighted by Crippen LogP contribution is -2.27. The molecule has 0 atom stereocenters. The smallest absolute Gasteiger partial charge is 0.293 e. The fraction of sp³-hybridized carbons (Fsp3) is 0.111. The molecular weight excluding hydrogens is 477 g/mol. The first kappa shape index (κ1) is 20.1. The number of methoxy groups -OCH3 is 1. The Morgan fingerprint density at radius 2 is 1.93 bits per heavy atom. The number of nitrogens with zero attached hydrogens (tertiary/aromatic N) is 1. The highest BCUT2D eigenvalue weighted by Crippen LogP contribution is 2.39. The summed E-state index contributed by atoms with van der Waals surface area (Å²) in [6.45, 7) is -0.0334. The Bertz CT molecular complexity index is 960. The summed E-state index contributed by atoms with van der Waals surface area (Å²) in [5, 5.41) is 10.6. The van der Waals surface area contributed by atoms with E-state index in [2.05, 4.69) is 15.9 Å². The van der Waals surface area contributed by atoms with Crippen LogP contribution >= 0.6 is 50.9 Å². The van der Waals surface area contributed by atoms with E-state index in [1.165, 1.54) is 13.2 Å². The lowest BCUT2D eigenvalue weighted by atomic mass is 10.1. The van der Waals surface area contributed by atoms with Gasteiger partial charge in [0.2, 0.25) is 0 Å². The monoisotopic (exact) mass is 487 g/mol. The average Bonchev–Trinajstić information content (AvgIpc) is 2.88. The zero-order valence-corrected chi connectivity index (χ0v) is 17.7. The maximum absolute atomic E-state index is 12.7. The molecule has 0 unspecified atom stereocenters. The number of benzene rings is 2. The van der Waals surface area contributed by atoms with Gasteiger partial charge in [0.05, 0.1) is 18.6 Å². The molecule has 2 aromatic rings. The molecule has 1 aliphatic heterocycles. The van der Waals surface area contributed by atoms with E-state index in [9.17, 15) is 14.7 Å². The Balaban J connectivity index is 1.93. The van der Waals surface area contributed by atoms with Crippen LogP contribution in [0, 0.1) is 0 Å². The van der Waals surface area contributed by atoms with E-state index < -0.39 is 11.1 Å². The lowest BCUT2D eigenvalue weighted by molar-refractivity contribution is -0.123. The van der Waals surface area contributed by atoms with Crippen LogP contribution in [-0.4, -0.2) is 28.3 Å². The number of phenolic OH excluding ortho intramolecular Hbond substituents is 1. The maximum Gasteiger partial charge on any atom is 0.293 e. The van der Waals surface area contributed by atoms with E-state index in [1.807, 2.05) is 0 Å². The molecule has 0 radical (unpaired) electrons. The SMILES string of the molecule is COc1cc(Br)cc(/C=C2\SC(=O)N(Cc3c(Cl)cccc3Cl)C2=O)c1O. The number of rotatable bonds is 4. The minimum absolute atomic E-state index is 0.0334. The molecule has 0 bridgehead atoms. The van der Waals surface area contributed by atoms with Crippen molar-refractivity contribution in [2.45, 2.75) is 6.54 Å². The fourth-order valence-corrected chi connectivity index (χ4v) is 4.28. The van der Waals surface area contributed by atoms with Crippen LogP contribution in [0.1, 0.15) is 11.1 Å². The number of carbonyl (C=O) groups is 2. The van der Waals surface area contributed by atoms with E-state index >= 15 is 0 Å². The first-order valence-electron chi connectivity index (χ1n) is 7.56. The number of aromatic hydroxyl groups is 1. The molecule has 0 spiro atoms. The van der Waals surface area contributed by atoms with E-state index in [0.29, 0.717) is 25.6 Å². The molecule has 1 aliphatic rings. The molecule has 3 rings (SSSR count). The standard InChI is InChI=1S/C18H12BrCl2NO4S/c1-26-14-7-10(19)5-9(16(14)23)6-15-17(24)22(18(25)27-15)8-11-12(20)3-2-4-13(11)21/h2-7,23H,8H2,1H3/b15-6-. The molecule has 140 valence electrons. The average molecular weight is 489 g/mol. The molecule has 0 aliphatic carbocycles. The third kappa shape index (κ3) is 4.11. The third-order valence-corrected chi connectivity index (χ3v) is 5.90. The van der Waals surface area contributed by atoms with Crippen molar-refractivity contribution < 1.29 is 19.4 Å². The van der Waals surface area contributed by atoms with Gasteiger partial charge in [-0.25, -0.2) is 0 Å². The number of ether oxygens (including phenoxy) is 1. The molecular formula is C18H12BrCl2NO4S. The Labute approximate surface area is 178 Å². The third-order valence-electron chi connectivity index (χ3n) is 3.83. The number of phenols is 1. The molecule has 1 fully saturated rings. The number of imide groups is 1. The van der Waals surface area contributed by atoms with E-state index in [1.54, 1.807) is 30.3 Å². The van der Waals surface area contributed by atoms with Gasteiger partial charge in [0.15, 0.2) is 11.5 Å². The molecule has 27 heavy (non-hydrogen) atoms. The summed E-state index contributed by atoms with van der Waals surface area (Å²) in [6, 6.07) is 8.19. The van der Waals surface area contributed by atoms with Crippen molar-refractivity contribution in [3.8, 4) is 11.5 Å². The highest BCUT2D eigenvalue weighted by molar-refractivity contribution is 9.10. The van der Waals surface area contributed by atoms with Crippen LogP contribution in [-0.2, 0) is 11.3 Å². The van der Waals surface area contributed by atoms with E-state index in [0.717, 1.165) is 16.7 Å². The lowest BCUT2D eigenvalue weighted by Gasteiger charge is -2.14. The molecule has 5 nitrogen and oxygen atoms in total. The number of carbonyl (C=O) groups excluding carboxylic acids is 2. The summed E-state index contributed by atoms with van der Waals surface area (Å²) in [4.78, 5) is 26.3. The highest BCUT2D eigenvalue weighted by Gasteiger charge is 2.36. The number of halogens is 3. The first-order chi connectivity index (χ1) is 12.8. The summed E-state index contributed by atoms with van der Waals surface area (Å²) in [7, 11) is 1.42. The zero-order valence-electron chi connectivity index (χ0n) is 13.8. The van der Waals surface area contributed by atoms with Gasteiger partial charge in [-0.15, -0.1) is 0 Å². The van der Waals surface area contributed by atoms with Crippen molar-refractivity contribution in [3.05, 3.63) is 60.9 Å². The highest BCUT2D eigenvalue weighted by atomic mass is 79.9. The van der Waals surface area contributed by atoms with Crippen LogP contribution in [0.2, 0.25) is 10.0 Å². The molecule has 0 aromatic heterocycles. The van der Waals surface area contributed by atoms with Crippen molar-refractivity contribution in [1.82, 2.24) is 4.90 Å². The van der Waals surface area contributed by atoms with Crippen molar-refractivity contribution in [2.24, 2.45) is 0 Å². The maximum atomic E-state index is 12.7. The number of amides is 2. The van der Waals surface area contributed by atoms with Gasteiger partial charge < -0.3 is 9.84 Å². The number of thioether (sulfide) groups is 1. The summed E-state index contributed by atoms with van der Waals surface area (Å²) >= 11 is 16.4. The molecule has 2 aromatic carbocycles. The molecule has 1 heterocycles. The molecule has 9 heteroatoms. The van der Waals surface area contributed by atoms with Gasteiger partial charge in [-0.3, -0.25) is 14.5 Å². The quantitative estimate of drug-likeness (QED) is 0.558. The van der Waals surface area contributed by atoms with Crippen LogP contribution in [0.25, 0.3) is 6.08 Å². The van der Waals surface area contributed by atoms with Crippen LogP contribution in [0.5, 0.6) is 11.5 Å². The van der Waals surface area contributed by atoms with Gasteiger partial charge in [0.25, 0.3) is 11.1 Å². The van der Waals surface area contributed by atoms with E-state index in [-0.39, 0.29) is 22.9 Å². The Hall–Kier alpha value is -1.67. The van der Waals surface area contributed by atoms with Crippen molar-refractivity contribution in [3.63, 3.8) is 0 Å². The van der Waals surface area contributed by atoms with Gasteiger partial charge in [0, 0.05) is 25.6 Å². The fourth-order valence-electron chi connectivity index (χ4n) is 2.48.